The van der Waals surface area contributed by atoms with E-state index >= 15 is 0 Å². The molecule has 0 aliphatic heterocycles. The van der Waals surface area contributed by atoms with Gasteiger partial charge in [0, 0.05) is 12.3 Å². The van der Waals surface area contributed by atoms with Crippen molar-refractivity contribution in [2.45, 2.75) is 0 Å². The van der Waals surface area contributed by atoms with Crippen LogP contribution in [0.4, 0.5) is 34.8 Å². The van der Waals surface area contributed by atoms with E-state index in [9.17, 15) is 22.4 Å². The van der Waals surface area contributed by atoms with Crippen LogP contribution in [0.5, 0.6) is 0 Å². The van der Waals surface area contributed by atoms with Crippen molar-refractivity contribution in [1.29, 1.82) is 0 Å². The third-order valence-electron chi connectivity index (χ3n) is 2.58. The highest BCUT2D eigenvalue weighted by molar-refractivity contribution is 5.96. The van der Waals surface area contributed by atoms with Crippen LogP contribution in [0, 0.1) is 23.3 Å². The molecule has 1 heterocycles. The SMILES string of the molecule is Nc1c(C(=O)O)ccnc1Nc1c(F)c(F)cc(F)c1F. The van der Waals surface area contributed by atoms with Gasteiger partial charge in [0.2, 0.25) is 0 Å². The highest BCUT2D eigenvalue weighted by Crippen LogP contribution is 2.29. The summed E-state index contributed by atoms with van der Waals surface area (Å²) in [6.45, 7) is 0. The van der Waals surface area contributed by atoms with Gasteiger partial charge < -0.3 is 16.2 Å². The summed E-state index contributed by atoms with van der Waals surface area (Å²) in [7, 11) is 0. The maximum absolute atomic E-state index is 13.5. The number of nitrogens with zero attached hydrogens (tertiary/aromatic N) is 1. The van der Waals surface area contributed by atoms with Gasteiger partial charge in [0.05, 0.1) is 11.3 Å². The number of nitrogen functional groups attached to an aromatic ring is 1. The van der Waals surface area contributed by atoms with Crippen LogP contribution in [0.25, 0.3) is 0 Å². The number of halogens is 4. The average molecular weight is 301 g/mol. The number of anilines is 3. The van der Waals surface area contributed by atoms with Gasteiger partial charge in [0.15, 0.2) is 29.1 Å². The molecule has 5 nitrogen and oxygen atoms in total. The normalized spacial score (nSPS) is 10.5. The van der Waals surface area contributed by atoms with Crippen molar-refractivity contribution in [3.63, 3.8) is 0 Å². The number of nitrogens with one attached hydrogen (secondary N) is 1. The standard InChI is InChI=1S/C12H7F4N3O2/c13-5-3-6(14)8(16)10(7(5)15)19-11-9(17)4(12(20)21)1-2-18-11/h1-3H,17H2,(H,18,19)(H,20,21). The monoisotopic (exact) mass is 301 g/mol. The number of benzene rings is 1. The van der Waals surface area contributed by atoms with Gasteiger partial charge in [-0.3, -0.25) is 0 Å². The quantitative estimate of drug-likeness (QED) is 0.599. The molecular formula is C12H7F4N3O2. The fourth-order valence-corrected chi connectivity index (χ4v) is 1.56. The summed E-state index contributed by atoms with van der Waals surface area (Å²) in [5, 5.41) is 10.8. The molecule has 0 fully saturated rings. The van der Waals surface area contributed by atoms with Crippen LogP contribution in [0.2, 0.25) is 0 Å². The second-order valence-electron chi connectivity index (χ2n) is 3.89. The van der Waals surface area contributed by atoms with E-state index in [-0.39, 0.29) is 11.6 Å². The Hall–Kier alpha value is -2.84. The van der Waals surface area contributed by atoms with Crippen molar-refractivity contribution < 1.29 is 27.5 Å². The number of pyridine rings is 1. The molecule has 0 saturated heterocycles. The topological polar surface area (TPSA) is 88.2 Å². The van der Waals surface area contributed by atoms with E-state index in [1.54, 1.807) is 0 Å². The Bertz CT molecular complexity index is 711. The number of carboxylic acids is 1. The molecule has 0 spiro atoms. The lowest BCUT2D eigenvalue weighted by Gasteiger charge is -2.12. The van der Waals surface area contributed by atoms with Gasteiger partial charge in [-0.2, -0.15) is 0 Å². The first-order valence-corrected chi connectivity index (χ1v) is 5.40. The Labute approximate surface area is 115 Å². The molecule has 0 radical (unpaired) electrons. The van der Waals surface area contributed by atoms with Crippen LogP contribution < -0.4 is 11.1 Å². The minimum Gasteiger partial charge on any atom is -0.478 e. The fourth-order valence-electron chi connectivity index (χ4n) is 1.56. The number of aromatic nitrogens is 1. The van der Waals surface area contributed by atoms with Crippen LogP contribution >= 0.6 is 0 Å². The zero-order valence-corrected chi connectivity index (χ0v) is 10.1. The molecule has 1 aromatic carbocycles. The summed E-state index contributed by atoms with van der Waals surface area (Å²) < 4.78 is 53.1. The maximum atomic E-state index is 13.5. The van der Waals surface area contributed by atoms with Gasteiger partial charge in [-0.15, -0.1) is 0 Å². The fraction of sp³-hybridized carbons (Fsp3) is 0. The molecule has 0 atom stereocenters. The van der Waals surface area contributed by atoms with E-state index in [1.165, 1.54) is 0 Å². The lowest BCUT2D eigenvalue weighted by molar-refractivity contribution is 0.0698. The molecule has 0 unspecified atom stereocenters. The Morgan fingerprint density at radius 2 is 1.76 bits per heavy atom. The van der Waals surface area contributed by atoms with Crippen LogP contribution in [0.15, 0.2) is 18.3 Å². The molecule has 4 N–H and O–H groups in total. The molecule has 0 aliphatic carbocycles. The minimum absolute atomic E-state index is 0.0420. The summed E-state index contributed by atoms with van der Waals surface area (Å²) in [4.78, 5) is 14.4. The zero-order valence-electron chi connectivity index (χ0n) is 10.1. The number of carbonyl (C=O) groups is 1. The van der Waals surface area contributed by atoms with E-state index in [4.69, 9.17) is 10.8 Å². The van der Waals surface area contributed by atoms with Crippen LogP contribution in [0.3, 0.4) is 0 Å². The van der Waals surface area contributed by atoms with Gasteiger partial charge in [-0.25, -0.2) is 27.3 Å². The molecule has 110 valence electrons. The second kappa shape index (κ2) is 5.27. The smallest absolute Gasteiger partial charge is 0.337 e. The molecule has 0 aliphatic rings. The zero-order chi connectivity index (χ0) is 15.7. The van der Waals surface area contributed by atoms with E-state index in [0.717, 1.165) is 12.3 Å². The number of rotatable bonds is 3. The van der Waals surface area contributed by atoms with Gasteiger partial charge in [-0.05, 0) is 6.07 Å². The molecule has 21 heavy (non-hydrogen) atoms. The summed E-state index contributed by atoms with van der Waals surface area (Å²) in [6.07, 6.45) is 1.01. The second-order valence-corrected chi connectivity index (χ2v) is 3.89. The lowest BCUT2D eigenvalue weighted by Crippen LogP contribution is -2.09. The average Bonchev–Trinajstić information content (AvgIpc) is 2.42. The van der Waals surface area contributed by atoms with Crippen molar-refractivity contribution in [2.24, 2.45) is 0 Å². The van der Waals surface area contributed by atoms with Gasteiger partial charge in [0.25, 0.3) is 0 Å². The van der Waals surface area contributed by atoms with Gasteiger partial charge >= 0.3 is 5.97 Å². The number of hydrogen-bond acceptors (Lipinski definition) is 4. The first kappa shape index (κ1) is 14.6. The van der Waals surface area contributed by atoms with Crippen molar-refractivity contribution in [3.8, 4) is 0 Å². The van der Waals surface area contributed by atoms with Gasteiger partial charge in [0.1, 0.15) is 5.69 Å². The molecular weight excluding hydrogens is 294 g/mol. The molecule has 0 saturated carbocycles. The van der Waals surface area contributed by atoms with Gasteiger partial charge in [-0.1, -0.05) is 0 Å². The summed E-state index contributed by atoms with van der Waals surface area (Å²) in [5.41, 5.74) is 3.49. The Balaban J connectivity index is 2.54. The van der Waals surface area contributed by atoms with Crippen molar-refractivity contribution in [2.75, 3.05) is 11.1 Å². The van der Waals surface area contributed by atoms with Crippen molar-refractivity contribution >= 4 is 23.2 Å². The summed E-state index contributed by atoms with van der Waals surface area (Å²) >= 11 is 0. The first-order valence-electron chi connectivity index (χ1n) is 5.40. The predicted octanol–water partition coefficient (Wildman–Crippen LogP) is 2.66. The molecule has 2 aromatic rings. The molecule has 0 bridgehead atoms. The number of nitrogens with two attached hydrogens (primary N) is 1. The van der Waals surface area contributed by atoms with Crippen molar-refractivity contribution in [1.82, 2.24) is 4.98 Å². The summed E-state index contributed by atoms with van der Waals surface area (Å²) in [6, 6.07) is 1.10. The number of aromatic carboxylic acids is 1. The van der Waals surface area contributed by atoms with E-state index < -0.39 is 46.4 Å². The highest BCUT2D eigenvalue weighted by atomic mass is 19.2. The lowest BCUT2D eigenvalue weighted by atomic mass is 10.2. The molecule has 9 heteroatoms. The number of hydrogen-bond donors (Lipinski definition) is 3. The van der Waals surface area contributed by atoms with Crippen molar-refractivity contribution in [3.05, 3.63) is 47.2 Å². The first-order chi connectivity index (χ1) is 9.82. The minimum atomic E-state index is -1.68. The molecule has 2 rings (SSSR count). The van der Waals surface area contributed by atoms with E-state index in [2.05, 4.69) is 4.98 Å². The summed E-state index contributed by atoms with van der Waals surface area (Å²) in [5.74, 6) is -8.46. The molecule has 0 amide bonds. The Morgan fingerprint density at radius 1 is 1.19 bits per heavy atom. The Kier molecular flexibility index (Phi) is 3.66. The van der Waals surface area contributed by atoms with E-state index in [1.807, 2.05) is 5.32 Å². The Morgan fingerprint density at radius 3 is 2.29 bits per heavy atom. The van der Waals surface area contributed by atoms with Crippen LogP contribution in [-0.2, 0) is 0 Å². The maximum Gasteiger partial charge on any atom is 0.337 e. The largest absolute Gasteiger partial charge is 0.478 e. The van der Waals surface area contributed by atoms with Crippen LogP contribution in [-0.4, -0.2) is 16.1 Å². The number of carboxylic acid groups (broad SMARTS) is 1. The molecule has 1 aromatic heterocycles. The van der Waals surface area contributed by atoms with E-state index in [0.29, 0.717) is 0 Å². The third-order valence-corrected chi connectivity index (χ3v) is 2.58. The third kappa shape index (κ3) is 2.57. The highest BCUT2D eigenvalue weighted by Gasteiger charge is 2.21. The predicted molar refractivity (Wildman–Crippen MR) is 65.2 cm³/mol. The van der Waals surface area contributed by atoms with Crippen LogP contribution in [0.1, 0.15) is 10.4 Å².